The second kappa shape index (κ2) is 5.41. The molecule has 1 fully saturated rings. The Labute approximate surface area is 113 Å². The van der Waals surface area contributed by atoms with Crippen LogP contribution in [-0.2, 0) is 6.54 Å². The molecule has 2 heterocycles. The van der Waals surface area contributed by atoms with Crippen LogP contribution in [0.2, 0.25) is 5.15 Å². The highest BCUT2D eigenvalue weighted by Crippen LogP contribution is 2.19. The van der Waals surface area contributed by atoms with Gasteiger partial charge in [0.2, 0.25) is 0 Å². The third-order valence-electron chi connectivity index (χ3n) is 2.51. The van der Waals surface area contributed by atoms with Gasteiger partial charge in [0.25, 0.3) is 0 Å². The first-order valence-electron chi connectivity index (χ1n) is 5.21. The largest absolute Gasteiger partial charge is 0.377 e. The van der Waals surface area contributed by atoms with Crippen molar-refractivity contribution in [2.24, 2.45) is 0 Å². The minimum Gasteiger partial charge on any atom is -0.363 e. The molecule has 1 aromatic rings. The van der Waals surface area contributed by atoms with Gasteiger partial charge in [-0.1, -0.05) is 17.7 Å². The van der Waals surface area contributed by atoms with Crippen LogP contribution in [-0.4, -0.2) is 27.9 Å². The minimum atomic E-state index is -0.609. The van der Waals surface area contributed by atoms with Gasteiger partial charge >= 0.3 is 5.16 Å². The van der Waals surface area contributed by atoms with Gasteiger partial charge in [0.05, 0.1) is 4.92 Å². The molecule has 1 aliphatic heterocycles. The summed E-state index contributed by atoms with van der Waals surface area (Å²) < 4.78 is 0. The predicted molar refractivity (Wildman–Crippen MR) is 67.5 cm³/mol. The molecule has 0 amide bonds. The Hall–Kier alpha value is -1.53. The van der Waals surface area contributed by atoms with E-state index in [0.29, 0.717) is 30.6 Å². The maximum absolute atomic E-state index is 10.6. The topological polar surface area (TPSA) is 71.3 Å². The first-order valence-corrected chi connectivity index (χ1v) is 5.97. The molecule has 0 bridgehead atoms. The van der Waals surface area contributed by atoms with Crippen LogP contribution in [0.5, 0.6) is 0 Å². The molecular weight excluding hydrogens is 279 g/mol. The first-order chi connectivity index (χ1) is 8.58. The zero-order valence-electron chi connectivity index (χ0n) is 9.27. The fourth-order valence-electron chi connectivity index (χ4n) is 1.70. The Bertz CT molecular complexity index is 489. The summed E-state index contributed by atoms with van der Waals surface area (Å²) in [4.78, 5) is 15.8. The normalized spacial score (nSPS) is 17.6. The van der Waals surface area contributed by atoms with E-state index in [1.54, 1.807) is 17.2 Å². The van der Waals surface area contributed by atoms with Crippen molar-refractivity contribution in [3.05, 3.63) is 50.1 Å². The standard InChI is InChI=1S/C10H10Cl2N4O2/c11-8-2-1-7(5-14-8)6-15-4-3-13-10(15)9(12)16(17)18/h1-2,5,13H,3-4,6H2. The van der Waals surface area contributed by atoms with Gasteiger partial charge in [-0.25, -0.2) is 4.98 Å². The predicted octanol–water partition coefficient (Wildman–Crippen LogP) is 1.78. The number of hydrogen-bond acceptors (Lipinski definition) is 5. The SMILES string of the molecule is O=[N+]([O-])C(Cl)=C1NCCN1Cc1ccc(Cl)nc1. The number of nitrogens with zero attached hydrogens (tertiary/aromatic N) is 3. The third kappa shape index (κ3) is 2.83. The van der Waals surface area contributed by atoms with E-state index in [4.69, 9.17) is 23.2 Å². The van der Waals surface area contributed by atoms with Crippen molar-refractivity contribution in [1.82, 2.24) is 15.2 Å². The second-order valence-corrected chi connectivity index (χ2v) is 4.48. The number of rotatable bonds is 3. The lowest BCUT2D eigenvalue weighted by Crippen LogP contribution is -2.22. The number of halogens is 2. The number of aromatic nitrogens is 1. The van der Waals surface area contributed by atoms with Gasteiger partial charge in [-0.05, 0) is 23.2 Å². The molecule has 6 nitrogen and oxygen atoms in total. The van der Waals surface area contributed by atoms with Crippen LogP contribution in [0, 0.1) is 10.1 Å². The average molecular weight is 289 g/mol. The quantitative estimate of drug-likeness (QED) is 0.397. The summed E-state index contributed by atoms with van der Waals surface area (Å²) in [6, 6.07) is 3.50. The van der Waals surface area contributed by atoms with Crippen LogP contribution in [0.15, 0.2) is 29.3 Å². The molecule has 1 aliphatic rings. The molecule has 8 heteroatoms. The molecule has 0 saturated carbocycles. The minimum absolute atomic E-state index is 0.344. The number of hydrogen-bond donors (Lipinski definition) is 1. The van der Waals surface area contributed by atoms with Crippen molar-refractivity contribution < 1.29 is 4.92 Å². The molecule has 1 aromatic heterocycles. The molecule has 18 heavy (non-hydrogen) atoms. The highest BCUT2D eigenvalue weighted by atomic mass is 35.5. The summed E-state index contributed by atoms with van der Waals surface area (Å²) in [5.74, 6) is 0.344. The molecule has 0 aromatic carbocycles. The van der Waals surface area contributed by atoms with E-state index in [9.17, 15) is 10.1 Å². The van der Waals surface area contributed by atoms with Gasteiger partial charge in [0.15, 0.2) is 5.82 Å². The molecule has 2 rings (SSSR count). The van der Waals surface area contributed by atoms with E-state index in [-0.39, 0.29) is 0 Å². The lowest BCUT2D eigenvalue weighted by Gasteiger charge is -2.17. The number of pyridine rings is 1. The first kappa shape index (κ1) is 12.9. The molecule has 0 atom stereocenters. The highest BCUT2D eigenvalue weighted by molar-refractivity contribution is 6.29. The Balaban J connectivity index is 2.16. The van der Waals surface area contributed by atoms with Gasteiger partial charge < -0.3 is 10.2 Å². The van der Waals surface area contributed by atoms with Crippen LogP contribution in [0.25, 0.3) is 0 Å². The van der Waals surface area contributed by atoms with E-state index in [2.05, 4.69) is 10.3 Å². The Morgan fingerprint density at radius 2 is 2.39 bits per heavy atom. The molecule has 0 radical (unpaired) electrons. The monoisotopic (exact) mass is 288 g/mol. The van der Waals surface area contributed by atoms with Crippen molar-refractivity contribution in [3.8, 4) is 0 Å². The fourth-order valence-corrected chi connectivity index (χ4v) is 2.00. The van der Waals surface area contributed by atoms with Crippen molar-refractivity contribution in [2.45, 2.75) is 6.54 Å². The lowest BCUT2D eigenvalue weighted by molar-refractivity contribution is -0.414. The van der Waals surface area contributed by atoms with Crippen LogP contribution in [0.4, 0.5) is 0 Å². The van der Waals surface area contributed by atoms with E-state index < -0.39 is 10.1 Å². The van der Waals surface area contributed by atoms with Gasteiger partial charge in [0, 0.05) is 25.8 Å². The average Bonchev–Trinajstić information content (AvgIpc) is 2.79. The molecule has 1 N–H and O–H groups in total. The molecule has 96 valence electrons. The maximum atomic E-state index is 10.6. The molecule has 0 spiro atoms. The number of nitrogens with one attached hydrogen (secondary N) is 1. The zero-order valence-corrected chi connectivity index (χ0v) is 10.8. The maximum Gasteiger partial charge on any atom is 0.377 e. The van der Waals surface area contributed by atoms with E-state index in [1.807, 2.05) is 6.07 Å². The lowest BCUT2D eigenvalue weighted by atomic mass is 10.2. The van der Waals surface area contributed by atoms with Crippen LogP contribution < -0.4 is 5.32 Å². The van der Waals surface area contributed by atoms with Gasteiger partial charge in [0.1, 0.15) is 5.15 Å². The summed E-state index contributed by atoms with van der Waals surface area (Å²) in [7, 11) is 0. The van der Waals surface area contributed by atoms with Crippen LogP contribution >= 0.6 is 23.2 Å². The third-order valence-corrected chi connectivity index (χ3v) is 3.05. The Kier molecular flexibility index (Phi) is 3.88. The summed E-state index contributed by atoms with van der Waals surface area (Å²) in [5, 5.41) is 13.6. The highest BCUT2D eigenvalue weighted by Gasteiger charge is 2.26. The van der Waals surface area contributed by atoms with Crippen molar-refractivity contribution in [2.75, 3.05) is 13.1 Å². The Morgan fingerprint density at radius 3 is 3.00 bits per heavy atom. The van der Waals surface area contributed by atoms with Crippen molar-refractivity contribution >= 4 is 23.2 Å². The fraction of sp³-hybridized carbons (Fsp3) is 0.300. The smallest absolute Gasteiger partial charge is 0.363 e. The van der Waals surface area contributed by atoms with Gasteiger partial charge in [-0.2, -0.15) is 0 Å². The molecule has 0 aliphatic carbocycles. The zero-order chi connectivity index (χ0) is 13.1. The summed E-state index contributed by atoms with van der Waals surface area (Å²) >= 11 is 11.3. The van der Waals surface area contributed by atoms with E-state index in [0.717, 1.165) is 5.56 Å². The Morgan fingerprint density at radius 1 is 1.61 bits per heavy atom. The molecule has 1 saturated heterocycles. The summed E-state index contributed by atoms with van der Waals surface area (Å²) in [6.07, 6.45) is 1.64. The van der Waals surface area contributed by atoms with Crippen molar-refractivity contribution in [1.29, 1.82) is 0 Å². The molecule has 0 unspecified atom stereocenters. The van der Waals surface area contributed by atoms with Crippen LogP contribution in [0.1, 0.15) is 5.56 Å². The molecular formula is C10H10Cl2N4O2. The van der Waals surface area contributed by atoms with E-state index in [1.165, 1.54) is 0 Å². The van der Waals surface area contributed by atoms with Crippen molar-refractivity contribution in [3.63, 3.8) is 0 Å². The summed E-state index contributed by atoms with van der Waals surface area (Å²) in [5.41, 5.74) is 0.911. The van der Waals surface area contributed by atoms with E-state index >= 15 is 0 Å². The van der Waals surface area contributed by atoms with Gasteiger partial charge in [-0.15, -0.1) is 0 Å². The second-order valence-electron chi connectivity index (χ2n) is 3.73. The van der Waals surface area contributed by atoms with Gasteiger partial charge in [-0.3, -0.25) is 10.1 Å². The van der Waals surface area contributed by atoms with Crippen LogP contribution in [0.3, 0.4) is 0 Å². The summed E-state index contributed by atoms with van der Waals surface area (Å²) in [6.45, 7) is 1.78. The number of nitro groups is 1.